The minimum absolute atomic E-state index is 0.0643. The van der Waals surface area contributed by atoms with Crippen LogP contribution in [-0.4, -0.2) is 45.1 Å². The van der Waals surface area contributed by atoms with E-state index in [0.29, 0.717) is 11.6 Å². The lowest BCUT2D eigenvalue weighted by atomic mass is 10.0. The van der Waals surface area contributed by atoms with Crippen LogP contribution in [0.4, 0.5) is 0 Å². The van der Waals surface area contributed by atoms with Gasteiger partial charge in [-0.15, -0.1) is 0 Å². The molecule has 0 bridgehead atoms. The number of aryl methyl sites for hydroxylation is 1. The maximum atomic E-state index is 12.4. The second kappa shape index (κ2) is 8.31. The molecule has 1 N–H and O–H groups in total. The maximum absolute atomic E-state index is 12.4. The highest BCUT2D eigenvalue weighted by molar-refractivity contribution is 5.83. The van der Waals surface area contributed by atoms with E-state index >= 15 is 0 Å². The highest BCUT2D eigenvalue weighted by Crippen LogP contribution is 2.17. The van der Waals surface area contributed by atoms with E-state index in [4.69, 9.17) is 8.94 Å². The van der Waals surface area contributed by atoms with Crippen LogP contribution in [0.15, 0.2) is 57.7 Å². The summed E-state index contributed by atoms with van der Waals surface area (Å²) in [6, 6.07) is 11.7. The van der Waals surface area contributed by atoms with Crippen molar-refractivity contribution in [2.75, 3.05) is 7.05 Å². The van der Waals surface area contributed by atoms with E-state index in [-0.39, 0.29) is 31.1 Å². The second-order valence-electron chi connectivity index (χ2n) is 6.04. The molecule has 3 rings (SSSR count). The SMILES string of the molecule is CN(C(=O)CCc1nc(-c2ccco2)no1)C(Cc1ccccc1)C(=O)O. The number of furan rings is 1. The first-order valence-electron chi connectivity index (χ1n) is 8.43. The van der Waals surface area contributed by atoms with Crippen LogP contribution in [0.3, 0.4) is 0 Å². The van der Waals surface area contributed by atoms with Crippen LogP contribution in [0.2, 0.25) is 0 Å². The fourth-order valence-corrected chi connectivity index (χ4v) is 2.65. The van der Waals surface area contributed by atoms with Gasteiger partial charge in [-0.2, -0.15) is 4.98 Å². The predicted molar refractivity (Wildman–Crippen MR) is 94.7 cm³/mol. The molecule has 1 atom stereocenters. The Labute approximate surface area is 155 Å². The molecular weight excluding hydrogens is 350 g/mol. The number of carbonyl (C=O) groups excluding carboxylic acids is 1. The third-order valence-electron chi connectivity index (χ3n) is 4.18. The number of hydrogen-bond acceptors (Lipinski definition) is 6. The van der Waals surface area contributed by atoms with E-state index in [1.54, 1.807) is 12.1 Å². The lowest BCUT2D eigenvalue weighted by molar-refractivity contribution is -0.149. The summed E-state index contributed by atoms with van der Waals surface area (Å²) < 4.78 is 10.3. The van der Waals surface area contributed by atoms with E-state index in [1.165, 1.54) is 18.2 Å². The summed E-state index contributed by atoms with van der Waals surface area (Å²) in [5.74, 6) is -0.285. The predicted octanol–water partition coefficient (Wildman–Crippen LogP) is 2.42. The molecule has 0 radical (unpaired) electrons. The number of carbonyl (C=O) groups is 2. The summed E-state index contributed by atoms with van der Waals surface area (Å²) in [7, 11) is 1.49. The third kappa shape index (κ3) is 4.60. The maximum Gasteiger partial charge on any atom is 0.326 e. The molecule has 8 nitrogen and oxygen atoms in total. The summed E-state index contributed by atoms with van der Waals surface area (Å²) in [6.45, 7) is 0. The molecule has 0 aliphatic heterocycles. The van der Waals surface area contributed by atoms with Gasteiger partial charge in [0.05, 0.1) is 6.26 Å². The van der Waals surface area contributed by atoms with Gasteiger partial charge in [0.25, 0.3) is 0 Å². The number of carboxylic acid groups (broad SMARTS) is 1. The van der Waals surface area contributed by atoms with Crippen molar-refractivity contribution in [1.29, 1.82) is 0 Å². The monoisotopic (exact) mass is 369 g/mol. The van der Waals surface area contributed by atoms with E-state index in [0.717, 1.165) is 5.56 Å². The zero-order chi connectivity index (χ0) is 19.2. The van der Waals surface area contributed by atoms with Crippen molar-refractivity contribution in [2.24, 2.45) is 0 Å². The van der Waals surface area contributed by atoms with Gasteiger partial charge in [-0.3, -0.25) is 4.79 Å². The fourth-order valence-electron chi connectivity index (χ4n) is 2.65. The molecule has 0 aliphatic rings. The van der Waals surface area contributed by atoms with Gasteiger partial charge in [-0.25, -0.2) is 4.79 Å². The first-order chi connectivity index (χ1) is 13.0. The topological polar surface area (TPSA) is 110 Å². The molecule has 1 amide bonds. The first-order valence-corrected chi connectivity index (χ1v) is 8.43. The molecule has 8 heteroatoms. The van der Waals surface area contributed by atoms with Crippen molar-refractivity contribution >= 4 is 11.9 Å². The fraction of sp³-hybridized carbons (Fsp3) is 0.263. The normalized spacial score (nSPS) is 11.9. The van der Waals surface area contributed by atoms with Crippen LogP contribution in [0.1, 0.15) is 17.9 Å². The van der Waals surface area contributed by atoms with E-state index < -0.39 is 12.0 Å². The zero-order valence-corrected chi connectivity index (χ0v) is 14.7. The summed E-state index contributed by atoms with van der Waals surface area (Å²) in [5.41, 5.74) is 0.851. The van der Waals surface area contributed by atoms with Crippen LogP contribution in [0, 0.1) is 0 Å². The minimum atomic E-state index is -1.05. The van der Waals surface area contributed by atoms with E-state index in [1.807, 2.05) is 30.3 Å². The number of benzene rings is 1. The standard InChI is InChI=1S/C19H19N3O5/c1-22(14(19(24)25)12-13-6-3-2-4-7-13)17(23)10-9-16-20-18(21-27-16)15-8-5-11-26-15/h2-8,11,14H,9-10,12H2,1H3,(H,24,25). The van der Waals surface area contributed by atoms with Crippen LogP contribution >= 0.6 is 0 Å². The minimum Gasteiger partial charge on any atom is -0.480 e. The lowest BCUT2D eigenvalue weighted by Crippen LogP contribution is -2.43. The van der Waals surface area contributed by atoms with Crippen molar-refractivity contribution in [3.05, 3.63) is 60.2 Å². The largest absolute Gasteiger partial charge is 0.480 e. The number of rotatable bonds is 8. The van der Waals surface area contributed by atoms with Gasteiger partial charge in [-0.1, -0.05) is 35.5 Å². The van der Waals surface area contributed by atoms with Gasteiger partial charge in [0, 0.05) is 26.3 Å². The van der Waals surface area contributed by atoms with Crippen molar-refractivity contribution < 1.29 is 23.6 Å². The molecular formula is C19H19N3O5. The van der Waals surface area contributed by atoms with Gasteiger partial charge in [0.1, 0.15) is 6.04 Å². The van der Waals surface area contributed by atoms with Gasteiger partial charge in [0.2, 0.25) is 17.6 Å². The molecule has 2 aromatic heterocycles. The number of amides is 1. The first kappa shape index (κ1) is 18.4. The molecule has 3 aromatic rings. The van der Waals surface area contributed by atoms with Gasteiger partial charge in [-0.05, 0) is 17.7 Å². The number of aromatic nitrogens is 2. The smallest absolute Gasteiger partial charge is 0.326 e. The average molecular weight is 369 g/mol. The molecule has 140 valence electrons. The van der Waals surface area contributed by atoms with Gasteiger partial charge in [0.15, 0.2) is 5.76 Å². The molecule has 2 heterocycles. The number of likely N-dealkylation sites (N-methyl/N-ethyl adjacent to an activating group) is 1. The highest BCUT2D eigenvalue weighted by atomic mass is 16.5. The summed E-state index contributed by atoms with van der Waals surface area (Å²) >= 11 is 0. The Morgan fingerprint density at radius 1 is 1.19 bits per heavy atom. The number of carboxylic acids is 1. The van der Waals surface area contributed by atoms with E-state index in [2.05, 4.69) is 10.1 Å². The third-order valence-corrected chi connectivity index (χ3v) is 4.18. The molecule has 0 aliphatic carbocycles. The van der Waals surface area contributed by atoms with Crippen LogP contribution in [0.5, 0.6) is 0 Å². The quantitative estimate of drug-likeness (QED) is 0.649. The summed E-state index contributed by atoms with van der Waals surface area (Å²) in [5, 5.41) is 13.3. The molecule has 27 heavy (non-hydrogen) atoms. The van der Waals surface area contributed by atoms with Crippen molar-refractivity contribution in [3.8, 4) is 11.6 Å². The average Bonchev–Trinajstić information content (AvgIpc) is 3.35. The number of hydrogen-bond donors (Lipinski definition) is 1. The molecule has 1 aromatic carbocycles. The summed E-state index contributed by atoms with van der Waals surface area (Å²) in [4.78, 5) is 29.5. The Morgan fingerprint density at radius 2 is 1.96 bits per heavy atom. The molecule has 0 saturated carbocycles. The lowest BCUT2D eigenvalue weighted by Gasteiger charge is -2.25. The van der Waals surface area contributed by atoms with Gasteiger partial charge >= 0.3 is 5.97 Å². The van der Waals surface area contributed by atoms with Crippen LogP contribution in [0.25, 0.3) is 11.6 Å². The zero-order valence-electron chi connectivity index (χ0n) is 14.7. The molecule has 0 fully saturated rings. The van der Waals surface area contributed by atoms with Gasteiger partial charge < -0.3 is 18.9 Å². The van der Waals surface area contributed by atoms with Crippen LogP contribution < -0.4 is 0 Å². The number of aliphatic carboxylic acids is 1. The Bertz CT molecular complexity index is 889. The Balaban J connectivity index is 1.59. The van der Waals surface area contributed by atoms with Crippen LogP contribution in [-0.2, 0) is 22.4 Å². The van der Waals surface area contributed by atoms with Crippen molar-refractivity contribution in [1.82, 2.24) is 15.0 Å². The molecule has 0 saturated heterocycles. The number of nitrogens with zero attached hydrogens (tertiary/aromatic N) is 3. The van der Waals surface area contributed by atoms with Crippen molar-refractivity contribution in [2.45, 2.75) is 25.3 Å². The van der Waals surface area contributed by atoms with Crippen molar-refractivity contribution in [3.63, 3.8) is 0 Å². The highest BCUT2D eigenvalue weighted by Gasteiger charge is 2.27. The Morgan fingerprint density at radius 3 is 2.63 bits per heavy atom. The molecule has 0 spiro atoms. The summed E-state index contributed by atoms with van der Waals surface area (Å²) in [6.07, 6.45) is 2.02. The van der Waals surface area contributed by atoms with E-state index in [9.17, 15) is 14.7 Å². The second-order valence-corrected chi connectivity index (χ2v) is 6.04. The Kier molecular flexibility index (Phi) is 5.65. The molecule has 1 unspecified atom stereocenters. The Hall–Kier alpha value is -3.42.